The Morgan fingerprint density at radius 1 is 1.75 bits per heavy atom. The Morgan fingerprint density at radius 3 is 2.38 bits per heavy atom. The first-order valence-corrected chi connectivity index (χ1v) is 4.33. The SMILES string of the molecule is O=[P+](Cl)C(O)CCO. The van der Waals surface area contributed by atoms with Crippen LogP contribution in [0.4, 0.5) is 0 Å². The minimum absolute atomic E-state index is 0.0820. The highest BCUT2D eigenvalue weighted by molar-refractivity contribution is 7.74. The smallest absolute Gasteiger partial charge is 0.396 e. The standard InChI is InChI=1S/C3H7ClO3P/c4-8(7)3(6)1-2-5/h3,5-6H,1-2H2/q+1. The van der Waals surface area contributed by atoms with E-state index in [0.29, 0.717) is 0 Å². The van der Waals surface area contributed by atoms with Crippen molar-refractivity contribution in [2.75, 3.05) is 6.61 Å². The summed E-state index contributed by atoms with van der Waals surface area (Å²) in [4.78, 5) is 0. The average Bonchev–Trinajstić information content (AvgIpc) is 1.67. The molecule has 5 heteroatoms. The molecule has 0 bridgehead atoms. The fraction of sp³-hybridized carbons (Fsp3) is 1.00. The van der Waals surface area contributed by atoms with E-state index < -0.39 is 13.0 Å². The molecule has 0 aliphatic rings. The highest BCUT2D eigenvalue weighted by Crippen LogP contribution is 2.32. The lowest BCUT2D eigenvalue weighted by molar-refractivity contribution is 0.193. The van der Waals surface area contributed by atoms with Crippen LogP contribution in [0.1, 0.15) is 6.42 Å². The second-order valence-electron chi connectivity index (χ2n) is 1.26. The number of aliphatic hydroxyl groups is 2. The van der Waals surface area contributed by atoms with Gasteiger partial charge in [-0.1, -0.05) is 0 Å². The first-order chi connectivity index (χ1) is 3.68. The summed E-state index contributed by atoms with van der Waals surface area (Å²) in [6.45, 7) is -0.186. The van der Waals surface area contributed by atoms with E-state index in [1.165, 1.54) is 0 Å². The maximum absolute atomic E-state index is 10.1. The van der Waals surface area contributed by atoms with Crippen LogP contribution in [-0.4, -0.2) is 22.7 Å². The van der Waals surface area contributed by atoms with Crippen molar-refractivity contribution < 1.29 is 14.8 Å². The Labute approximate surface area is 52.9 Å². The first kappa shape index (κ1) is 8.31. The lowest BCUT2D eigenvalue weighted by atomic mass is 10.5. The molecule has 0 aliphatic heterocycles. The molecule has 3 nitrogen and oxygen atoms in total. The summed E-state index contributed by atoms with van der Waals surface area (Å²) in [6.07, 6.45) is 0.0820. The lowest BCUT2D eigenvalue weighted by Gasteiger charge is -1.88. The molecule has 0 rings (SSSR count). The highest BCUT2D eigenvalue weighted by atomic mass is 35.7. The molecule has 0 fully saturated rings. The Morgan fingerprint density at radius 2 is 2.25 bits per heavy atom. The van der Waals surface area contributed by atoms with E-state index >= 15 is 0 Å². The van der Waals surface area contributed by atoms with Crippen molar-refractivity contribution in [3.05, 3.63) is 0 Å². The van der Waals surface area contributed by atoms with Crippen LogP contribution in [0.15, 0.2) is 0 Å². The second kappa shape index (κ2) is 4.21. The average molecular weight is 158 g/mol. The fourth-order valence-corrected chi connectivity index (χ4v) is 0.828. The van der Waals surface area contributed by atoms with Gasteiger partial charge in [-0.2, -0.15) is 0 Å². The van der Waals surface area contributed by atoms with Crippen LogP contribution in [-0.2, 0) is 4.57 Å². The van der Waals surface area contributed by atoms with Gasteiger partial charge in [0.2, 0.25) is 11.2 Å². The zero-order valence-electron chi connectivity index (χ0n) is 4.12. The van der Waals surface area contributed by atoms with E-state index in [2.05, 4.69) is 0 Å². The van der Waals surface area contributed by atoms with Crippen LogP contribution in [0.2, 0.25) is 0 Å². The van der Waals surface area contributed by atoms with E-state index in [-0.39, 0.29) is 13.0 Å². The van der Waals surface area contributed by atoms with E-state index in [9.17, 15) is 4.57 Å². The predicted molar refractivity (Wildman–Crippen MR) is 31.2 cm³/mol. The largest absolute Gasteiger partial charge is 0.486 e. The summed E-state index contributed by atoms with van der Waals surface area (Å²) in [5, 5.41) is 16.7. The Hall–Kier alpha value is 0.310. The zero-order chi connectivity index (χ0) is 6.57. The predicted octanol–water partition coefficient (Wildman–Crippen LogP) is 0.668. The van der Waals surface area contributed by atoms with Crippen LogP contribution < -0.4 is 0 Å². The monoisotopic (exact) mass is 157 g/mol. The maximum atomic E-state index is 10.1. The lowest BCUT2D eigenvalue weighted by Crippen LogP contribution is -2.00. The van der Waals surface area contributed by atoms with Crippen LogP contribution in [0.3, 0.4) is 0 Å². The van der Waals surface area contributed by atoms with Crippen LogP contribution in [0.25, 0.3) is 0 Å². The van der Waals surface area contributed by atoms with Gasteiger partial charge in [-0.3, -0.25) is 0 Å². The van der Waals surface area contributed by atoms with Gasteiger partial charge >= 0.3 is 7.15 Å². The third kappa shape index (κ3) is 3.33. The number of halogens is 1. The molecule has 0 radical (unpaired) electrons. The molecule has 0 spiro atoms. The van der Waals surface area contributed by atoms with Crippen LogP contribution in [0, 0.1) is 0 Å². The summed E-state index contributed by atoms with van der Waals surface area (Å²) >= 11 is 4.96. The Bertz CT molecular complexity index is 86.6. The van der Waals surface area contributed by atoms with E-state index in [4.69, 9.17) is 21.5 Å². The molecule has 2 N–H and O–H groups in total. The topological polar surface area (TPSA) is 57.5 Å². The Kier molecular flexibility index (Phi) is 4.38. The fourth-order valence-electron chi connectivity index (χ4n) is 0.217. The minimum atomic E-state index is -2.05. The van der Waals surface area contributed by atoms with Gasteiger partial charge in [0.25, 0.3) is 5.85 Å². The molecule has 0 aromatic carbocycles. The molecule has 0 aromatic rings. The van der Waals surface area contributed by atoms with Gasteiger partial charge in [0.15, 0.2) is 0 Å². The Balaban J connectivity index is 3.32. The molecule has 0 saturated heterocycles. The molecule has 48 valence electrons. The number of aliphatic hydroxyl groups excluding tert-OH is 2. The van der Waals surface area contributed by atoms with Crippen molar-refractivity contribution in [3.63, 3.8) is 0 Å². The van der Waals surface area contributed by atoms with Gasteiger partial charge in [-0.05, 0) is 4.57 Å². The molecule has 2 atom stereocenters. The second-order valence-corrected chi connectivity index (χ2v) is 3.40. The molecule has 0 aromatic heterocycles. The summed E-state index contributed by atoms with van der Waals surface area (Å²) in [5.74, 6) is -1.06. The molecule has 2 unspecified atom stereocenters. The van der Waals surface area contributed by atoms with Crippen molar-refractivity contribution >= 4 is 18.4 Å². The van der Waals surface area contributed by atoms with E-state index in [1.807, 2.05) is 0 Å². The van der Waals surface area contributed by atoms with Gasteiger partial charge in [0, 0.05) is 13.0 Å². The quantitative estimate of drug-likeness (QED) is 0.592. The normalized spacial score (nSPS) is 15.6. The van der Waals surface area contributed by atoms with Crippen molar-refractivity contribution in [1.29, 1.82) is 0 Å². The van der Waals surface area contributed by atoms with Crippen molar-refractivity contribution in [3.8, 4) is 0 Å². The van der Waals surface area contributed by atoms with Crippen LogP contribution in [0.5, 0.6) is 0 Å². The molecule has 0 aliphatic carbocycles. The molecule has 0 saturated carbocycles. The number of hydrogen-bond acceptors (Lipinski definition) is 3. The van der Waals surface area contributed by atoms with Gasteiger partial charge in [-0.15, -0.1) is 0 Å². The van der Waals surface area contributed by atoms with Crippen molar-refractivity contribution in [2.24, 2.45) is 0 Å². The first-order valence-electron chi connectivity index (χ1n) is 2.09. The minimum Gasteiger partial charge on any atom is -0.396 e. The maximum Gasteiger partial charge on any atom is 0.486 e. The van der Waals surface area contributed by atoms with Crippen molar-refractivity contribution in [2.45, 2.75) is 12.3 Å². The van der Waals surface area contributed by atoms with Gasteiger partial charge < -0.3 is 10.2 Å². The summed E-state index contributed by atoms with van der Waals surface area (Å²) in [5.41, 5.74) is 0. The third-order valence-corrected chi connectivity index (χ3v) is 2.02. The van der Waals surface area contributed by atoms with Gasteiger partial charge in [0.05, 0.1) is 0 Å². The van der Waals surface area contributed by atoms with Gasteiger partial charge in [-0.25, -0.2) is 0 Å². The molecular weight excluding hydrogens is 150 g/mol. The van der Waals surface area contributed by atoms with E-state index in [0.717, 1.165) is 0 Å². The summed E-state index contributed by atoms with van der Waals surface area (Å²) in [7, 11) is -2.05. The number of rotatable bonds is 3. The van der Waals surface area contributed by atoms with Crippen molar-refractivity contribution in [1.82, 2.24) is 0 Å². The zero-order valence-corrected chi connectivity index (χ0v) is 5.77. The molecule has 0 heterocycles. The summed E-state index contributed by atoms with van der Waals surface area (Å²) in [6, 6.07) is 0. The van der Waals surface area contributed by atoms with Crippen LogP contribution >= 0.6 is 18.4 Å². The summed E-state index contributed by atoms with van der Waals surface area (Å²) < 4.78 is 10.1. The molecule has 8 heavy (non-hydrogen) atoms. The van der Waals surface area contributed by atoms with Gasteiger partial charge in [0.1, 0.15) is 0 Å². The highest BCUT2D eigenvalue weighted by Gasteiger charge is 2.24. The van der Waals surface area contributed by atoms with E-state index in [1.54, 1.807) is 0 Å². The molecule has 0 amide bonds. The number of hydrogen-bond donors (Lipinski definition) is 2. The molecular formula is C3H7ClO3P+. The third-order valence-electron chi connectivity index (χ3n) is 0.622.